The van der Waals surface area contributed by atoms with Crippen LogP contribution in [0.4, 0.5) is 5.69 Å². The Morgan fingerprint density at radius 3 is 2.58 bits per heavy atom. The lowest BCUT2D eigenvalue weighted by molar-refractivity contribution is 0.279. The molecule has 2 aromatic rings. The largest absolute Gasteiger partial charge is 0.506 e. The molecule has 3 N–H and O–H groups in total. The van der Waals surface area contributed by atoms with E-state index in [1.165, 1.54) is 0 Å². The number of anilines is 1. The average molecular weight is 259 g/mol. The van der Waals surface area contributed by atoms with Gasteiger partial charge in [-0.15, -0.1) is 0 Å². The normalized spacial score (nSPS) is 10.5. The highest BCUT2D eigenvalue weighted by molar-refractivity contribution is 5.46. The topological polar surface area (TPSA) is 78.3 Å². The Kier molecular flexibility index (Phi) is 3.97. The number of aliphatic hydroxyl groups excluding tert-OH is 1. The smallest absolute Gasteiger partial charge is 0.142 e. The number of aromatic nitrogens is 2. The summed E-state index contributed by atoms with van der Waals surface area (Å²) in [5.74, 6) is 0.124. The molecule has 5 heteroatoms. The molecule has 0 aliphatic rings. The molecule has 0 fully saturated rings. The quantitative estimate of drug-likeness (QED) is 0.781. The predicted molar refractivity (Wildman–Crippen MR) is 72.9 cm³/mol. The number of hydrogen-bond acceptors (Lipinski definition) is 5. The highest BCUT2D eigenvalue weighted by Gasteiger charge is 2.11. The molecule has 0 aromatic carbocycles. The molecule has 0 spiro atoms. The molecule has 2 heterocycles. The number of nitrogens with one attached hydrogen (secondary N) is 1. The van der Waals surface area contributed by atoms with Gasteiger partial charge in [0, 0.05) is 29.6 Å². The molecule has 0 unspecified atom stereocenters. The van der Waals surface area contributed by atoms with Gasteiger partial charge in [0.05, 0.1) is 24.2 Å². The Labute approximate surface area is 112 Å². The Morgan fingerprint density at radius 1 is 1.16 bits per heavy atom. The van der Waals surface area contributed by atoms with Crippen LogP contribution in [0.5, 0.6) is 5.75 Å². The Balaban J connectivity index is 2.19. The van der Waals surface area contributed by atoms with Crippen molar-refractivity contribution in [3.8, 4) is 5.75 Å². The van der Waals surface area contributed by atoms with Gasteiger partial charge in [-0.25, -0.2) is 0 Å². The van der Waals surface area contributed by atoms with Gasteiger partial charge < -0.3 is 15.5 Å². The Bertz CT molecular complexity index is 568. The van der Waals surface area contributed by atoms with E-state index in [2.05, 4.69) is 15.3 Å². The summed E-state index contributed by atoms with van der Waals surface area (Å²) in [6.07, 6.45) is 3.32. The number of rotatable bonds is 4. The maximum Gasteiger partial charge on any atom is 0.142 e. The van der Waals surface area contributed by atoms with Crippen molar-refractivity contribution in [1.82, 2.24) is 9.97 Å². The summed E-state index contributed by atoms with van der Waals surface area (Å²) < 4.78 is 0. The van der Waals surface area contributed by atoms with Crippen molar-refractivity contribution in [2.24, 2.45) is 0 Å². The van der Waals surface area contributed by atoms with Gasteiger partial charge in [-0.3, -0.25) is 9.97 Å². The molecule has 5 nitrogen and oxygen atoms in total. The highest BCUT2D eigenvalue weighted by atomic mass is 16.3. The van der Waals surface area contributed by atoms with Crippen molar-refractivity contribution >= 4 is 5.69 Å². The van der Waals surface area contributed by atoms with E-state index in [0.717, 1.165) is 11.4 Å². The van der Waals surface area contributed by atoms with Gasteiger partial charge >= 0.3 is 0 Å². The van der Waals surface area contributed by atoms with E-state index in [9.17, 15) is 10.2 Å². The zero-order chi connectivity index (χ0) is 13.8. The number of nitrogens with zero attached hydrogens (tertiary/aromatic N) is 2. The van der Waals surface area contributed by atoms with Gasteiger partial charge in [0.2, 0.25) is 0 Å². The molecule has 2 aromatic heterocycles. The molecule has 0 aliphatic heterocycles. The fourth-order valence-corrected chi connectivity index (χ4v) is 1.78. The third-order valence-corrected chi connectivity index (χ3v) is 2.98. The second-order valence-corrected chi connectivity index (χ2v) is 4.40. The fourth-order valence-electron chi connectivity index (χ4n) is 1.78. The molecular formula is C14H17N3O2. The van der Waals surface area contributed by atoms with Crippen molar-refractivity contribution in [1.29, 1.82) is 0 Å². The molecular weight excluding hydrogens is 242 g/mol. The van der Waals surface area contributed by atoms with E-state index in [0.29, 0.717) is 23.4 Å². The second-order valence-electron chi connectivity index (χ2n) is 4.40. The monoisotopic (exact) mass is 259 g/mol. The van der Waals surface area contributed by atoms with Gasteiger partial charge in [0.1, 0.15) is 5.75 Å². The summed E-state index contributed by atoms with van der Waals surface area (Å²) in [6.45, 7) is 3.92. The van der Waals surface area contributed by atoms with Gasteiger partial charge in [-0.05, 0) is 26.0 Å². The maximum atomic E-state index is 10.0. The molecule has 0 amide bonds. The molecule has 19 heavy (non-hydrogen) atoms. The Hall–Kier alpha value is -2.14. The summed E-state index contributed by atoms with van der Waals surface area (Å²) in [4.78, 5) is 8.21. The number of aliphatic hydroxyl groups is 1. The average Bonchev–Trinajstić information content (AvgIpc) is 2.42. The van der Waals surface area contributed by atoms with Crippen LogP contribution in [0.25, 0.3) is 0 Å². The summed E-state index contributed by atoms with van der Waals surface area (Å²) in [6, 6.07) is 3.83. The van der Waals surface area contributed by atoms with Gasteiger partial charge in [-0.2, -0.15) is 0 Å². The lowest BCUT2D eigenvalue weighted by atomic mass is 10.1. The van der Waals surface area contributed by atoms with Crippen LogP contribution in [0, 0.1) is 13.8 Å². The molecule has 0 saturated carbocycles. The zero-order valence-electron chi connectivity index (χ0n) is 11.0. The minimum absolute atomic E-state index is 0.124. The number of hydrogen-bond donors (Lipinski definition) is 3. The second kappa shape index (κ2) is 5.67. The number of aromatic hydroxyl groups is 1. The summed E-state index contributed by atoms with van der Waals surface area (Å²) in [5.41, 5.74) is 3.65. The van der Waals surface area contributed by atoms with Crippen LogP contribution in [0.15, 0.2) is 24.5 Å². The molecule has 2 rings (SSSR count). The van der Waals surface area contributed by atoms with E-state index in [4.69, 9.17) is 0 Å². The van der Waals surface area contributed by atoms with Crippen molar-refractivity contribution in [3.05, 3.63) is 47.0 Å². The SMILES string of the molecule is Cc1ccc(NCc2c(CO)cnc(C)c2O)cn1. The zero-order valence-corrected chi connectivity index (χ0v) is 11.0. The lowest BCUT2D eigenvalue weighted by Gasteiger charge is -2.13. The van der Waals surface area contributed by atoms with E-state index >= 15 is 0 Å². The Morgan fingerprint density at radius 2 is 1.95 bits per heavy atom. The third kappa shape index (κ3) is 3.00. The first-order valence-electron chi connectivity index (χ1n) is 6.05. The van der Waals surface area contributed by atoms with Crippen LogP contribution in [0.3, 0.4) is 0 Å². The third-order valence-electron chi connectivity index (χ3n) is 2.98. The van der Waals surface area contributed by atoms with E-state index in [1.54, 1.807) is 19.3 Å². The van der Waals surface area contributed by atoms with E-state index in [-0.39, 0.29) is 12.4 Å². The first kappa shape index (κ1) is 13.3. The predicted octanol–water partition coefficient (Wildman–Crippen LogP) is 1.90. The number of aryl methyl sites for hydroxylation is 2. The molecule has 0 saturated heterocycles. The molecule has 0 radical (unpaired) electrons. The fraction of sp³-hybridized carbons (Fsp3) is 0.286. The van der Waals surface area contributed by atoms with Crippen LogP contribution in [0.2, 0.25) is 0 Å². The highest BCUT2D eigenvalue weighted by Crippen LogP contribution is 2.24. The van der Waals surface area contributed by atoms with Crippen LogP contribution >= 0.6 is 0 Å². The lowest BCUT2D eigenvalue weighted by Crippen LogP contribution is -2.05. The minimum Gasteiger partial charge on any atom is -0.506 e. The van der Waals surface area contributed by atoms with E-state index < -0.39 is 0 Å². The molecule has 0 aliphatic carbocycles. The molecule has 0 bridgehead atoms. The van der Waals surface area contributed by atoms with Crippen molar-refractivity contribution in [2.75, 3.05) is 5.32 Å². The van der Waals surface area contributed by atoms with Crippen LogP contribution < -0.4 is 5.32 Å². The van der Waals surface area contributed by atoms with Crippen LogP contribution in [0.1, 0.15) is 22.5 Å². The van der Waals surface area contributed by atoms with Gasteiger partial charge in [0.15, 0.2) is 0 Å². The summed E-state index contributed by atoms with van der Waals surface area (Å²) in [7, 11) is 0. The maximum absolute atomic E-state index is 10.0. The van der Waals surface area contributed by atoms with Crippen molar-refractivity contribution in [2.45, 2.75) is 27.0 Å². The number of pyridine rings is 2. The molecule has 0 atom stereocenters. The minimum atomic E-state index is -0.149. The molecule has 100 valence electrons. The van der Waals surface area contributed by atoms with Gasteiger partial charge in [0.25, 0.3) is 0 Å². The first-order valence-corrected chi connectivity index (χ1v) is 6.05. The van der Waals surface area contributed by atoms with Gasteiger partial charge in [-0.1, -0.05) is 0 Å². The first-order chi connectivity index (χ1) is 9.11. The van der Waals surface area contributed by atoms with Crippen LogP contribution in [-0.2, 0) is 13.2 Å². The van der Waals surface area contributed by atoms with Crippen molar-refractivity contribution in [3.63, 3.8) is 0 Å². The standard InChI is InChI=1S/C14H17N3O2/c1-9-3-4-12(6-15-9)17-7-13-11(8-18)5-16-10(2)14(13)19/h3-6,17-19H,7-8H2,1-2H3. The van der Waals surface area contributed by atoms with Crippen LogP contribution in [-0.4, -0.2) is 20.2 Å². The summed E-state index contributed by atoms with van der Waals surface area (Å²) >= 11 is 0. The van der Waals surface area contributed by atoms with E-state index in [1.807, 2.05) is 19.1 Å². The van der Waals surface area contributed by atoms with Crippen molar-refractivity contribution < 1.29 is 10.2 Å². The summed E-state index contributed by atoms with van der Waals surface area (Å²) in [5, 5.41) is 22.4.